The molecule has 0 aromatic carbocycles. The molecule has 1 unspecified atom stereocenters. The Morgan fingerprint density at radius 3 is 3.25 bits per heavy atom. The third-order valence-corrected chi connectivity index (χ3v) is 2.73. The van der Waals surface area contributed by atoms with Crippen LogP contribution in [0.15, 0.2) is 18.3 Å². The van der Waals surface area contributed by atoms with Crippen molar-refractivity contribution < 1.29 is 0 Å². The maximum atomic E-state index is 4.46. The zero-order chi connectivity index (χ0) is 8.39. The van der Waals surface area contributed by atoms with E-state index in [9.17, 15) is 0 Å². The molecule has 1 aliphatic carbocycles. The lowest BCUT2D eigenvalue weighted by Crippen LogP contribution is -1.98. The van der Waals surface area contributed by atoms with Crippen LogP contribution in [0.3, 0.4) is 0 Å². The van der Waals surface area contributed by atoms with Gasteiger partial charge in [0.1, 0.15) is 0 Å². The predicted octanol–water partition coefficient (Wildman–Crippen LogP) is 2.91. The Labute approximate surface area is 73.8 Å². The Morgan fingerprint density at radius 2 is 2.33 bits per heavy atom. The molecule has 0 bridgehead atoms. The summed E-state index contributed by atoms with van der Waals surface area (Å²) >= 11 is 0. The highest BCUT2D eigenvalue weighted by molar-refractivity contribution is 5.23. The molecule has 1 aromatic rings. The van der Waals surface area contributed by atoms with Gasteiger partial charge in [-0.25, -0.2) is 0 Å². The summed E-state index contributed by atoms with van der Waals surface area (Å²) in [6.07, 6.45) is 7.15. The molecule has 64 valence electrons. The first-order valence-electron chi connectivity index (χ1n) is 4.81. The standard InChI is InChI=1S/C11H15N/c1-9-5-2-3-6-10-7-4-8-12-11(9)10/h4,7-9H,2-3,5-6H2,1H3. The van der Waals surface area contributed by atoms with Crippen molar-refractivity contribution in [1.82, 2.24) is 4.98 Å². The molecule has 1 nitrogen and oxygen atoms in total. The highest BCUT2D eigenvalue weighted by Crippen LogP contribution is 2.27. The Bertz CT molecular complexity index is 267. The number of nitrogens with zero attached hydrogens (tertiary/aromatic N) is 1. The fraction of sp³-hybridized carbons (Fsp3) is 0.545. The van der Waals surface area contributed by atoms with Gasteiger partial charge >= 0.3 is 0 Å². The van der Waals surface area contributed by atoms with E-state index in [-0.39, 0.29) is 0 Å². The Balaban J connectivity index is 2.39. The van der Waals surface area contributed by atoms with Crippen molar-refractivity contribution in [2.24, 2.45) is 0 Å². The van der Waals surface area contributed by atoms with Crippen LogP contribution in [-0.4, -0.2) is 4.98 Å². The third kappa shape index (κ3) is 1.36. The van der Waals surface area contributed by atoms with Gasteiger partial charge in [0.05, 0.1) is 0 Å². The van der Waals surface area contributed by atoms with Crippen LogP contribution in [0.5, 0.6) is 0 Å². The van der Waals surface area contributed by atoms with E-state index in [2.05, 4.69) is 24.0 Å². The molecular formula is C11H15N. The molecule has 1 aliphatic rings. The highest BCUT2D eigenvalue weighted by Gasteiger charge is 2.14. The summed E-state index contributed by atoms with van der Waals surface area (Å²) in [6.45, 7) is 2.29. The quantitative estimate of drug-likeness (QED) is 0.533. The zero-order valence-corrected chi connectivity index (χ0v) is 7.59. The molecule has 0 saturated carbocycles. The minimum Gasteiger partial charge on any atom is -0.261 e. The van der Waals surface area contributed by atoms with Crippen molar-refractivity contribution in [3.8, 4) is 0 Å². The maximum Gasteiger partial charge on any atom is 0.0463 e. The molecule has 1 heteroatoms. The van der Waals surface area contributed by atoms with Gasteiger partial charge in [-0.3, -0.25) is 4.98 Å². The smallest absolute Gasteiger partial charge is 0.0463 e. The fourth-order valence-electron chi connectivity index (χ4n) is 2.01. The van der Waals surface area contributed by atoms with Gasteiger partial charge in [-0.1, -0.05) is 19.4 Å². The second kappa shape index (κ2) is 3.26. The first kappa shape index (κ1) is 7.78. The number of rotatable bonds is 0. The second-order valence-corrected chi connectivity index (χ2v) is 3.69. The highest BCUT2D eigenvalue weighted by atomic mass is 14.7. The van der Waals surface area contributed by atoms with Crippen molar-refractivity contribution in [1.29, 1.82) is 0 Å². The summed E-state index contributed by atoms with van der Waals surface area (Å²) in [5, 5.41) is 0. The van der Waals surface area contributed by atoms with Gasteiger partial charge in [-0.05, 0) is 36.8 Å². The van der Waals surface area contributed by atoms with Gasteiger partial charge in [0.15, 0.2) is 0 Å². The van der Waals surface area contributed by atoms with Gasteiger partial charge < -0.3 is 0 Å². The van der Waals surface area contributed by atoms with Gasteiger partial charge in [-0.15, -0.1) is 0 Å². The minimum absolute atomic E-state index is 0.670. The molecule has 0 amide bonds. The molecule has 1 atom stereocenters. The lowest BCUT2D eigenvalue weighted by Gasteiger charge is -2.09. The lowest BCUT2D eigenvalue weighted by atomic mass is 10.0. The molecular weight excluding hydrogens is 146 g/mol. The molecule has 1 heterocycles. The topological polar surface area (TPSA) is 12.9 Å². The average molecular weight is 161 g/mol. The molecule has 0 radical (unpaired) electrons. The number of fused-ring (bicyclic) bond motifs is 1. The van der Waals surface area contributed by atoms with Crippen LogP contribution in [-0.2, 0) is 6.42 Å². The molecule has 0 fully saturated rings. The molecule has 2 rings (SSSR count). The second-order valence-electron chi connectivity index (χ2n) is 3.69. The third-order valence-electron chi connectivity index (χ3n) is 2.73. The summed E-state index contributed by atoms with van der Waals surface area (Å²) in [6, 6.07) is 4.28. The number of hydrogen-bond donors (Lipinski definition) is 0. The minimum atomic E-state index is 0.670. The normalized spacial score (nSPS) is 22.9. The van der Waals surface area contributed by atoms with Gasteiger partial charge in [0, 0.05) is 11.9 Å². The molecule has 0 N–H and O–H groups in total. The van der Waals surface area contributed by atoms with Gasteiger partial charge in [0.2, 0.25) is 0 Å². The Kier molecular flexibility index (Phi) is 2.11. The first-order chi connectivity index (χ1) is 5.88. The summed E-state index contributed by atoms with van der Waals surface area (Å²) in [5.41, 5.74) is 2.82. The molecule has 0 aliphatic heterocycles. The van der Waals surface area contributed by atoms with E-state index in [4.69, 9.17) is 0 Å². The van der Waals surface area contributed by atoms with E-state index in [1.54, 1.807) is 0 Å². The Hall–Kier alpha value is -0.850. The van der Waals surface area contributed by atoms with E-state index in [0.717, 1.165) is 0 Å². The van der Waals surface area contributed by atoms with E-state index >= 15 is 0 Å². The monoisotopic (exact) mass is 161 g/mol. The zero-order valence-electron chi connectivity index (χ0n) is 7.59. The van der Waals surface area contributed by atoms with E-state index in [1.165, 1.54) is 36.9 Å². The summed E-state index contributed by atoms with van der Waals surface area (Å²) < 4.78 is 0. The van der Waals surface area contributed by atoms with E-state index < -0.39 is 0 Å². The first-order valence-corrected chi connectivity index (χ1v) is 4.81. The average Bonchev–Trinajstić information content (AvgIpc) is 2.29. The number of aryl methyl sites for hydroxylation is 1. The molecule has 0 spiro atoms. The van der Waals surface area contributed by atoms with Crippen LogP contribution in [0.25, 0.3) is 0 Å². The van der Waals surface area contributed by atoms with Crippen molar-refractivity contribution >= 4 is 0 Å². The summed E-state index contributed by atoms with van der Waals surface area (Å²) in [7, 11) is 0. The van der Waals surface area contributed by atoms with Gasteiger partial charge in [-0.2, -0.15) is 0 Å². The maximum absolute atomic E-state index is 4.46. The SMILES string of the molecule is CC1CCCCc2cccnc21. The van der Waals surface area contributed by atoms with E-state index in [0.29, 0.717) is 5.92 Å². The lowest BCUT2D eigenvalue weighted by molar-refractivity contribution is 0.625. The molecule has 12 heavy (non-hydrogen) atoms. The van der Waals surface area contributed by atoms with Crippen LogP contribution in [0.4, 0.5) is 0 Å². The largest absolute Gasteiger partial charge is 0.261 e. The number of aromatic nitrogens is 1. The van der Waals surface area contributed by atoms with Gasteiger partial charge in [0.25, 0.3) is 0 Å². The van der Waals surface area contributed by atoms with Crippen LogP contribution < -0.4 is 0 Å². The van der Waals surface area contributed by atoms with E-state index in [1.807, 2.05) is 6.20 Å². The molecule has 0 saturated heterocycles. The fourth-order valence-corrected chi connectivity index (χ4v) is 2.01. The van der Waals surface area contributed by atoms with Crippen molar-refractivity contribution in [3.63, 3.8) is 0 Å². The number of pyridine rings is 1. The van der Waals surface area contributed by atoms with Crippen LogP contribution in [0.1, 0.15) is 43.4 Å². The van der Waals surface area contributed by atoms with Crippen molar-refractivity contribution in [3.05, 3.63) is 29.6 Å². The van der Waals surface area contributed by atoms with Crippen LogP contribution in [0, 0.1) is 0 Å². The Morgan fingerprint density at radius 1 is 1.42 bits per heavy atom. The molecule has 1 aromatic heterocycles. The predicted molar refractivity (Wildman–Crippen MR) is 50.2 cm³/mol. The van der Waals surface area contributed by atoms with Crippen molar-refractivity contribution in [2.45, 2.75) is 38.5 Å². The van der Waals surface area contributed by atoms with Crippen molar-refractivity contribution in [2.75, 3.05) is 0 Å². The summed E-state index contributed by atoms with van der Waals surface area (Å²) in [4.78, 5) is 4.46. The number of hydrogen-bond acceptors (Lipinski definition) is 1. The summed E-state index contributed by atoms with van der Waals surface area (Å²) in [5.74, 6) is 0.670. The van der Waals surface area contributed by atoms with Crippen LogP contribution in [0.2, 0.25) is 0 Å². The van der Waals surface area contributed by atoms with Crippen LogP contribution >= 0.6 is 0 Å².